The summed E-state index contributed by atoms with van der Waals surface area (Å²) < 4.78 is 23.1. The van der Waals surface area contributed by atoms with Gasteiger partial charge in [-0.25, -0.2) is 19.9 Å². The van der Waals surface area contributed by atoms with Crippen LogP contribution in [-0.4, -0.2) is 38.2 Å². The molecule has 10 heteroatoms. The zero-order valence-corrected chi connectivity index (χ0v) is 63.3. The van der Waals surface area contributed by atoms with Crippen molar-refractivity contribution in [3.63, 3.8) is 0 Å². The fourth-order valence-corrected chi connectivity index (χ4v) is 18.9. The van der Waals surface area contributed by atoms with E-state index in [9.17, 15) is 0 Å². The second-order valence-electron chi connectivity index (χ2n) is 30.7. The van der Waals surface area contributed by atoms with E-state index < -0.39 is 0 Å². The summed E-state index contributed by atoms with van der Waals surface area (Å²) in [6, 6.07) is 138. The van der Waals surface area contributed by atoms with Crippen LogP contribution in [0.15, 0.2) is 397 Å². The SMILES string of the molecule is c1ccc(-c2cc(-c3nc(-n4c5ccccc5c5c6c7ccccc7n(-c7ccccc7)c6ccc54)nc4ccccc34)c3oc4cc5ccccc5cc4c3c2)cc1.c1ccc(-c2cc(-c3nc(-n4c5ccccc5c5cc6c7ccccc7n(-c7ccccc7)c6cc54)nc4ccccc34)c3oc4cc5ccccc5cc4c3c2)cc1. The van der Waals surface area contributed by atoms with Crippen molar-refractivity contribution in [1.82, 2.24) is 38.2 Å². The Balaban J connectivity index is 0.000000131. The molecule has 118 heavy (non-hydrogen) atoms. The highest BCUT2D eigenvalue weighted by molar-refractivity contribution is 6.29. The van der Waals surface area contributed by atoms with Crippen LogP contribution in [0.5, 0.6) is 0 Å². The third kappa shape index (κ3) is 9.99. The van der Waals surface area contributed by atoms with Crippen LogP contribution in [0.1, 0.15) is 0 Å². The standard InChI is InChI=1S/2C54H32N4O/c1-3-15-33(16-4-1)36-28-44-43-27-34-17-7-8-18-35(34)30-51(43)59-53(44)45(29-36)52-40-23-9-12-24-46(40)55-54(56-52)58-48-26-14-11-22-39(48)42-31-41-38-21-10-13-25-47(38)57(49(41)32-50(42)58)37-19-5-2-6-20-37;1-3-15-33(16-4-1)36-30-42-41-29-34-17-7-8-18-35(34)32-49(41)59-53(42)43(31-36)52-38-21-9-12-24-44(38)55-54(56-52)58-46-26-14-11-23-40(46)51-48(58)28-27-47-50(51)39-22-10-13-25-45(39)57(47)37-19-5-2-6-20-37/h2*1-32H. The number of benzene rings is 18. The number of hydrogen-bond acceptors (Lipinski definition) is 6. The monoisotopic (exact) mass is 1500 g/mol. The second-order valence-corrected chi connectivity index (χ2v) is 30.7. The highest BCUT2D eigenvalue weighted by Gasteiger charge is 2.28. The molecule has 0 radical (unpaired) electrons. The lowest BCUT2D eigenvalue weighted by Gasteiger charge is -2.13. The average Bonchev–Trinajstić information content (AvgIpc) is 1.54. The summed E-state index contributed by atoms with van der Waals surface area (Å²) in [7, 11) is 0. The van der Waals surface area contributed by atoms with Crippen LogP contribution in [0, 0.1) is 0 Å². The van der Waals surface area contributed by atoms with Crippen molar-refractivity contribution in [3.05, 3.63) is 388 Å². The van der Waals surface area contributed by atoms with E-state index in [-0.39, 0.29) is 0 Å². The number of furan rings is 2. The van der Waals surface area contributed by atoms with Gasteiger partial charge >= 0.3 is 0 Å². The number of rotatable bonds is 8. The predicted molar refractivity (Wildman–Crippen MR) is 488 cm³/mol. The molecule has 0 aliphatic heterocycles. The third-order valence-electron chi connectivity index (χ3n) is 24.2. The van der Waals surface area contributed by atoms with Gasteiger partial charge in [0.15, 0.2) is 0 Å². The van der Waals surface area contributed by atoms with Crippen molar-refractivity contribution in [2.45, 2.75) is 0 Å². The molecule has 548 valence electrons. The Hall–Kier alpha value is -16.0. The van der Waals surface area contributed by atoms with Gasteiger partial charge in [-0.2, -0.15) is 0 Å². The summed E-state index contributed by atoms with van der Waals surface area (Å²) in [6.07, 6.45) is 0. The van der Waals surface area contributed by atoms with Crippen LogP contribution in [0.2, 0.25) is 0 Å². The molecule has 0 amide bonds. The van der Waals surface area contributed by atoms with Crippen LogP contribution >= 0.6 is 0 Å². The largest absolute Gasteiger partial charge is 0.455 e. The molecule has 0 N–H and O–H groups in total. The molecule has 10 nitrogen and oxygen atoms in total. The van der Waals surface area contributed by atoms with Crippen LogP contribution < -0.4 is 0 Å². The van der Waals surface area contributed by atoms with Crippen molar-refractivity contribution >= 4 is 174 Å². The first kappa shape index (κ1) is 65.5. The second kappa shape index (κ2) is 25.7. The molecule has 0 saturated heterocycles. The fourth-order valence-electron chi connectivity index (χ4n) is 18.9. The molecule has 8 heterocycles. The van der Waals surface area contributed by atoms with Gasteiger partial charge in [0.25, 0.3) is 0 Å². The predicted octanol–water partition coefficient (Wildman–Crippen LogP) is 28.4. The smallest absolute Gasteiger partial charge is 0.235 e. The van der Waals surface area contributed by atoms with E-state index in [1.807, 2.05) is 0 Å². The van der Waals surface area contributed by atoms with E-state index in [4.69, 9.17) is 28.8 Å². The zero-order valence-electron chi connectivity index (χ0n) is 63.3. The minimum Gasteiger partial charge on any atom is -0.455 e. The van der Waals surface area contributed by atoms with E-state index in [0.717, 1.165) is 182 Å². The molecule has 0 saturated carbocycles. The molecule has 8 aromatic heterocycles. The first-order valence-electron chi connectivity index (χ1n) is 40.0. The Morgan fingerprint density at radius 3 is 1.00 bits per heavy atom. The van der Waals surface area contributed by atoms with E-state index in [1.54, 1.807) is 0 Å². The van der Waals surface area contributed by atoms with Gasteiger partial charge in [-0.05, 0) is 177 Å². The van der Waals surface area contributed by atoms with Crippen LogP contribution in [-0.2, 0) is 0 Å². The molecule has 18 aromatic carbocycles. The van der Waals surface area contributed by atoms with Gasteiger partial charge in [-0.15, -0.1) is 0 Å². The first-order valence-corrected chi connectivity index (χ1v) is 40.0. The molecular weight excluding hydrogens is 1440 g/mol. The lowest BCUT2D eigenvalue weighted by Crippen LogP contribution is -2.04. The Bertz CT molecular complexity index is 8690. The van der Waals surface area contributed by atoms with Crippen molar-refractivity contribution in [3.8, 4) is 68.0 Å². The lowest BCUT2D eigenvalue weighted by atomic mass is 9.96. The summed E-state index contributed by atoms with van der Waals surface area (Å²) >= 11 is 0. The van der Waals surface area contributed by atoms with Crippen molar-refractivity contribution in [2.24, 2.45) is 0 Å². The van der Waals surface area contributed by atoms with Crippen molar-refractivity contribution in [2.75, 3.05) is 0 Å². The highest BCUT2D eigenvalue weighted by Crippen LogP contribution is 2.49. The Morgan fingerprint density at radius 2 is 0.534 bits per heavy atom. The Labute approximate surface area is 673 Å². The minimum atomic E-state index is 0.603. The Morgan fingerprint density at radius 1 is 0.195 bits per heavy atom. The molecule has 26 aromatic rings. The van der Waals surface area contributed by atoms with Crippen LogP contribution in [0.25, 0.3) is 242 Å². The molecule has 0 aliphatic rings. The molecule has 0 atom stereocenters. The van der Waals surface area contributed by atoms with Gasteiger partial charge < -0.3 is 18.0 Å². The molecule has 0 unspecified atom stereocenters. The third-order valence-corrected chi connectivity index (χ3v) is 24.2. The summed E-state index contributed by atoms with van der Waals surface area (Å²) in [4.78, 5) is 21.9. The fraction of sp³-hybridized carbons (Fsp3) is 0. The van der Waals surface area contributed by atoms with Gasteiger partial charge in [-0.3, -0.25) is 9.13 Å². The average molecular weight is 1510 g/mol. The van der Waals surface area contributed by atoms with E-state index in [2.05, 4.69) is 407 Å². The topological polar surface area (TPSA) is 97.6 Å². The maximum atomic E-state index is 6.92. The molecule has 0 spiro atoms. The molecule has 26 rings (SSSR count). The van der Waals surface area contributed by atoms with E-state index in [1.165, 1.54) is 48.7 Å². The molecule has 0 fully saturated rings. The molecule has 0 aliphatic carbocycles. The summed E-state index contributed by atoms with van der Waals surface area (Å²) in [5.41, 5.74) is 24.0. The van der Waals surface area contributed by atoms with Gasteiger partial charge in [0, 0.05) is 97.9 Å². The lowest BCUT2D eigenvalue weighted by molar-refractivity contribution is 0.670. The summed E-state index contributed by atoms with van der Waals surface area (Å²) in [6.45, 7) is 0. The van der Waals surface area contributed by atoms with E-state index >= 15 is 0 Å². The normalized spacial score (nSPS) is 12.1. The van der Waals surface area contributed by atoms with Crippen molar-refractivity contribution < 1.29 is 8.83 Å². The number of hydrogen-bond donors (Lipinski definition) is 0. The summed E-state index contributed by atoms with van der Waals surface area (Å²) in [5.74, 6) is 1.21. The van der Waals surface area contributed by atoms with Gasteiger partial charge in [0.05, 0.1) is 66.6 Å². The number of aromatic nitrogens is 8. The van der Waals surface area contributed by atoms with Crippen molar-refractivity contribution in [1.29, 1.82) is 0 Å². The van der Waals surface area contributed by atoms with E-state index in [0.29, 0.717) is 11.9 Å². The number of nitrogens with zero attached hydrogens (tertiary/aromatic N) is 8. The minimum absolute atomic E-state index is 0.603. The zero-order chi connectivity index (χ0) is 77.2. The highest BCUT2D eigenvalue weighted by atomic mass is 16.3. The van der Waals surface area contributed by atoms with Crippen LogP contribution in [0.4, 0.5) is 0 Å². The summed E-state index contributed by atoms with van der Waals surface area (Å²) in [5, 5.41) is 20.3. The van der Waals surface area contributed by atoms with Crippen LogP contribution in [0.3, 0.4) is 0 Å². The first-order chi connectivity index (χ1) is 58.5. The number of fused-ring (bicyclic) bond motifs is 23. The Kier molecular flexibility index (Phi) is 14.3. The van der Waals surface area contributed by atoms with Gasteiger partial charge in [0.2, 0.25) is 11.9 Å². The van der Waals surface area contributed by atoms with Gasteiger partial charge in [0.1, 0.15) is 22.3 Å². The van der Waals surface area contributed by atoms with Gasteiger partial charge in [-0.1, -0.05) is 255 Å². The molecule has 0 bridgehead atoms. The molecular formula is C108H64N8O2. The number of para-hydroxylation sites is 8. The maximum absolute atomic E-state index is 6.92. The maximum Gasteiger partial charge on any atom is 0.235 e. The quantitative estimate of drug-likeness (QED) is 0.150.